The first-order valence-corrected chi connectivity index (χ1v) is 5.94. The molecule has 2 aromatic rings. The van der Waals surface area contributed by atoms with Gasteiger partial charge in [0, 0.05) is 16.2 Å². The molecule has 0 aliphatic carbocycles. The fourth-order valence-corrected chi connectivity index (χ4v) is 1.85. The molecule has 3 nitrogen and oxygen atoms in total. The molecule has 0 aliphatic heterocycles. The van der Waals surface area contributed by atoms with Gasteiger partial charge in [0.05, 0.1) is 11.9 Å². The Kier molecular flexibility index (Phi) is 3.54. The molecule has 0 spiro atoms. The lowest BCUT2D eigenvalue weighted by atomic mass is 10.1. The van der Waals surface area contributed by atoms with Crippen LogP contribution in [0.25, 0.3) is 0 Å². The maximum absolute atomic E-state index is 12.0. The van der Waals surface area contributed by atoms with E-state index < -0.39 is 0 Å². The molecule has 0 saturated carbocycles. The highest BCUT2D eigenvalue weighted by Crippen LogP contribution is 2.20. The van der Waals surface area contributed by atoms with Crippen molar-refractivity contribution in [1.82, 2.24) is 4.98 Å². The van der Waals surface area contributed by atoms with Gasteiger partial charge in [0.1, 0.15) is 0 Å². The topological polar surface area (TPSA) is 42.0 Å². The monoisotopic (exact) mass is 290 g/mol. The highest BCUT2D eigenvalue weighted by Gasteiger charge is 2.10. The molecular formula is C13H11BrN2O. The molecule has 0 saturated heterocycles. The molecule has 0 atom stereocenters. The van der Waals surface area contributed by atoms with E-state index in [4.69, 9.17) is 0 Å². The minimum Gasteiger partial charge on any atom is -0.321 e. The number of carbonyl (C=O) groups is 1. The Labute approximate surface area is 108 Å². The second-order valence-corrected chi connectivity index (χ2v) is 4.46. The number of rotatable bonds is 2. The second kappa shape index (κ2) is 5.10. The van der Waals surface area contributed by atoms with E-state index in [1.807, 2.05) is 19.1 Å². The first kappa shape index (κ1) is 11.8. The molecule has 4 heteroatoms. The van der Waals surface area contributed by atoms with Gasteiger partial charge in [-0.15, -0.1) is 0 Å². The van der Waals surface area contributed by atoms with Gasteiger partial charge in [-0.2, -0.15) is 0 Å². The Bertz CT molecular complexity index is 540. The maximum Gasteiger partial charge on any atom is 0.256 e. The third-order valence-electron chi connectivity index (χ3n) is 2.43. The van der Waals surface area contributed by atoms with E-state index in [2.05, 4.69) is 26.2 Å². The van der Waals surface area contributed by atoms with E-state index in [0.29, 0.717) is 11.3 Å². The fourth-order valence-electron chi connectivity index (χ4n) is 1.49. The van der Waals surface area contributed by atoms with Gasteiger partial charge in [0.2, 0.25) is 0 Å². The Morgan fingerprint density at radius 3 is 2.82 bits per heavy atom. The minimum atomic E-state index is -0.128. The average Bonchev–Trinajstić information content (AvgIpc) is 2.34. The van der Waals surface area contributed by atoms with Crippen molar-refractivity contribution >= 4 is 27.5 Å². The summed E-state index contributed by atoms with van der Waals surface area (Å²) >= 11 is 3.41. The molecule has 86 valence electrons. The Morgan fingerprint density at radius 2 is 2.12 bits per heavy atom. The lowest BCUT2D eigenvalue weighted by Crippen LogP contribution is -2.13. The highest BCUT2D eigenvalue weighted by atomic mass is 79.9. The molecule has 0 radical (unpaired) electrons. The van der Waals surface area contributed by atoms with Gasteiger partial charge in [-0.3, -0.25) is 9.78 Å². The summed E-state index contributed by atoms with van der Waals surface area (Å²) in [5.41, 5.74) is 2.27. The van der Waals surface area contributed by atoms with Crippen molar-refractivity contribution in [1.29, 1.82) is 0 Å². The average molecular weight is 291 g/mol. The number of amides is 1. The van der Waals surface area contributed by atoms with Crippen LogP contribution in [0.1, 0.15) is 15.9 Å². The van der Waals surface area contributed by atoms with Crippen molar-refractivity contribution in [3.8, 4) is 0 Å². The largest absolute Gasteiger partial charge is 0.321 e. The molecule has 0 fully saturated rings. The van der Waals surface area contributed by atoms with E-state index >= 15 is 0 Å². The van der Waals surface area contributed by atoms with E-state index in [0.717, 1.165) is 10.0 Å². The van der Waals surface area contributed by atoms with Crippen LogP contribution in [-0.4, -0.2) is 10.9 Å². The summed E-state index contributed by atoms with van der Waals surface area (Å²) in [7, 11) is 0. The van der Waals surface area contributed by atoms with Gasteiger partial charge >= 0.3 is 0 Å². The van der Waals surface area contributed by atoms with Gasteiger partial charge in [-0.25, -0.2) is 0 Å². The Hall–Kier alpha value is -1.68. The smallest absolute Gasteiger partial charge is 0.256 e. The highest BCUT2D eigenvalue weighted by molar-refractivity contribution is 9.10. The molecular weight excluding hydrogens is 280 g/mol. The SMILES string of the molecule is Cc1c(Br)cccc1C(=O)Nc1cccnc1. The fraction of sp³-hybridized carbons (Fsp3) is 0.0769. The number of nitrogens with one attached hydrogen (secondary N) is 1. The summed E-state index contributed by atoms with van der Waals surface area (Å²) in [4.78, 5) is 16.0. The summed E-state index contributed by atoms with van der Waals surface area (Å²) in [6.45, 7) is 1.90. The van der Waals surface area contributed by atoms with E-state index in [1.54, 1.807) is 30.6 Å². The summed E-state index contributed by atoms with van der Waals surface area (Å²) < 4.78 is 0.927. The van der Waals surface area contributed by atoms with Crippen molar-refractivity contribution in [3.05, 3.63) is 58.3 Å². The molecule has 17 heavy (non-hydrogen) atoms. The Morgan fingerprint density at radius 1 is 1.29 bits per heavy atom. The van der Waals surface area contributed by atoms with Crippen LogP contribution in [0.4, 0.5) is 5.69 Å². The maximum atomic E-state index is 12.0. The number of aromatic nitrogens is 1. The number of benzene rings is 1. The number of nitrogens with zero attached hydrogens (tertiary/aromatic N) is 1. The zero-order valence-corrected chi connectivity index (χ0v) is 10.9. The molecule has 1 N–H and O–H groups in total. The van der Waals surface area contributed by atoms with Gasteiger partial charge in [-0.1, -0.05) is 22.0 Å². The minimum absolute atomic E-state index is 0.128. The standard InChI is InChI=1S/C13H11BrN2O/c1-9-11(5-2-6-12(9)14)13(17)16-10-4-3-7-15-8-10/h2-8H,1H3,(H,16,17). The van der Waals surface area contributed by atoms with Crippen LogP contribution >= 0.6 is 15.9 Å². The van der Waals surface area contributed by atoms with Gasteiger partial charge in [-0.05, 0) is 36.8 Å². The molecule has 1 aromatic heterocycles. The van der Waals surface area contributed by atoms with Crippen LogP contribution in [-0.2, 0) is 0 Å². The molecule has 2 rings (SSSR count). The quantitative estimate of drug-likeness (QED) is 0.921. The van der Waals surface area contributed by atoms with Crippen LogP contribution in [0, 0.1) is 6.92 Å². The molecule has 1 aromatic carbocycles. The van der Waals surface area contributed by atoms with Gasteiger partial charge in [0.15, 0.2) is 0 Å². The normalized spacial score (nSPS) is 10.0. The van der Waals surface area contributed by atoms with Crippen LogP contribution in [0.15, 0.2) is 47.2 Å². The molecule has 1 amide bonds. The zero-order chi connectivity index (χ0) is 12.3. The predicted octanol–water partition coefficient (Wildman–Crippen LogP) is 3.40. The van der Waals surface area contributed by atoms with Crippen LogP contribution in [0.5, 0.6) is 0 Å². The van der Waals surface area contributed by atoms with Crippen LogP contribution in [0.2, 0.25) is 0 Å². The number of hydrogen-bond acceptors (Lipinski definition) is 2. The second-order valence-electron chi connectivity index (χ2n) is 3.61. The summed E-state index contributed by atoms with van der Waals surface area (Å²) in [5, 5.41) is 2.80. The number of anilines is 1. The molecule has 0 bridgehead atoms. The lowest BCUT2D eigenvalue weighted by Gasteiger charge is -2.08. The Balaban J connectivity index is 2.24. The third kappa shape index (κ3) is 2.71. The first-order chi connectivity index (χ1) is 8.18. The van der Waals surface area contributed by atoms with Crippen molar-refractivity contribution < 1.29 is 4.79 Å². The number of hydrogen-bond donors (Lipinski definition) is 1. The van der Waals surface area contributed by atoms with Gasteiger partial charge < -0.3 is 5.32 Å². The number of carbonyl (C=O) groups excluding carboxylic acids is 1. The van der Waals surface area contributed by atoms with Crippen LogP contribution < -0.4 is 5.32 Å². The molecule has 0 aliphatic rings. The number of halogens is 1. The summed E-state index contributed by atoms with van der Waals surface area (Å²) in [6.07, 6.45) is 3.28. The third-order valence-corrected chi connectivity index (χ3v) is 3.29. The summed E-state index contributed by atoms with van der Waals surface area (Å²) in [5.74, 6) is -0.128. The van der Waals surface area contributed by atoms with Crippen molar-refractivity contribution in [2.75, 3.05) is 5.32 Å². The van der Waals surface area contributed by atoms with E-state index in [9.17, 15) is 4.79 Å². The summed E-state index contributed by atoms with van der Waals surface area (Å²) in [6, 6.07) is 9.14. The van der Waals surface area contributed by atoms with Gasteiger partial charge in [0.25, 0.3) is 5.91 Å². The predicted molar refractivity (Wildman–Crippen MR) is 71.1 cm³/mol. The van der Waals surface area contributed by atoms with E-state index in [-0.39, 0.29) is 5.91 Å². The van der Waals surface area contributed by atoms with Crippen molar-refractivity contribution in [2.45, 2.75) is 6.92 Å². The first-order valence-electron chi connectivity index (χ1n) is 5.15. The van der Waals surface area contributed by atoms with Crippen LogP contribution in [0.3, 0.4) is 0 Å². The molecule has 1 heterocycles. The van der Waals surface area contributed by atoms with E-state index in [1.165, 1.54) is 0 Å². The van der Waals surface area contributed by atoms with Crippen molar-refractivity contribution in [2.24, 2.45) is 0 Å². The van der Waals surface area contributed by atoms with Crippen molar-refractivity contribution in [3.63, 3.8) is 0 Å². The number of pyridine rings is 1. The lowest BCUT2D eigenvalue weighted by molar-refractivity contribution is 0.102. The molecule has 0 unspecified atom stereocenters. The zero-order valence-electron chi connectivity index (χ0n) is 9.27.